The molecule has 116 valence electrons. The summed E-state index contributed by atoms with van der Waals surface area (Å²) in [5.41, 5.74) is 4.14. The summed E-state index contributed by atoms with van der Waals surface area (Å²) in [5, 5.41) is 30.2. The maximum Gasteiger partial charge on any atom is 0.417 e. The van der Waals surface area contributed by atoms with Gasteiger partial charge in [0.25, 0.3) is 0 Å². The molecular formula is C12H14F3N3O3. The number of amidine groups is 1. The van der Waals surface area contributed by atoms with E-state index in [4.69, 9.17) is 10.9 Å². The van der Waals surface area contributed by atoms with Crippen molar-refractivity contribution in [1.82, 2.24) is 0 Å². The summed E-state index contributed by atoms with van der Waals surface area (Å²) >= 11 is 0. The molecule has 1 aliphatic heterocycles. The lowest BCUT2D eigenvalue weighted by Gasteiger charge is -2.20. The minimum atomic E-state index is -4.65. The lowest BCUT2D eigenvalue weighted by atomic mass is 10.0. The number of hydrogen-bond acceptors (Lipinski definition) is 5. The van der Waals surface area contributed by atoms with Crippen molar-refractivity contribution in [3.05, 3.63) is 29.3 Å². The van der Waals surface area contributed by atoms with Crippen LogP contribution < -0.4 is 10.6 Å². The summed E-state index contributed by atoms with van der Waals surface area (Å²) in [6.07, 6.45) is -6.59. The maximum atomic E-state index is 12.9. The fourth-order valence-electron chi connectivity index (χ4n) is 2.22. The van der Waals surface area contributed by atoms with Crippen LogP contribution in [0.5, 0.6) is 0 Å². The molecule has 1 saturated heterocycles. The molecule has 1 aromatic rings. The van der Waals surface area contributed by atoms with Crippen molar-refractivity contribution in [2.45, 2.75) is 18.4 Å². The highest BCUT2D eigenvalue weighted by Gasteiger charge is 2.36. The second-order valence-electron chi connectivity index (χ2n) is 4.75. The number of anilines is 1. The predicted octanol–water partition coefficient (Wildman–Crippen LogP) is 0.342. The standard InChI is InChI=1S/C12H14F3N3O3/c13-12(14,15)8-2-1-6(3-7(8)11(16)17-21)18-4-9(19)10(20)5-18/h1-3,9-10,19-21H,4-5H2,(H2,16,17). The van der Waals surface area contributed by atoms with E-state index in [0.717, 1.165) is 12.1 Å². The summed E-state index contributed by atoms with van der Waals surface area (Å²) in [5.74, 6) is -0.663. The van der Waals surface area contributed by atoms with Crippen LogP contribution in [0.15, 0.2) is 23.4 Å². The van der Waals surface area contributed by atoms with E-state index in [0.29, 0.717) is 5.69 Å². The molecule has 5 N–H and O–H groups in total. The van der Waals surface area contributed by atoms with Crippen LogP contribution >= 0.6 is 0 Å². The van der Waals surface area contributed by atoms with Crippen LogP contribution in [-0.4, -0.2) is 46.6 Å². The van der Waals surface area contributed by atoms with Crippen molar-refractivity contribution >= 4 is 11.5 Å². The van der Waals surface area contributed by atoms with Gasteiger partial charge in [-0.05, 0) is 18.2 Å². The quantitative estimate of drug-likeness (QED) is 0.273. The van der Waals surface area contributed by atoms with Crippen LogP contribution in [0.2, 0.25) is 0 Å². The fourth-order valence-corrected chi connectivity index (χ4v) is 2.22. The van der Waals surface area contributed by atoms with E-state index in [9.17, 15) is 23.4 Å². The van der Waals surface area contributed by atoms with Gasteiger partial charge < -0.3 is 26.1 Å². The molecule has 0 bridgehead atoms. The Bertz CT molecular complexity index is 552. The SMILES string of the molecule is N/C(=N/O)c1cc(N2CC(O)C(O)C2)ccc1C(F)(F)F. The van der Waals surface area contributed by atoms with Crippen molar-refractivity contribution in [1.29, 1.82) is 0 Å². The van der Waals surface area contributed by atoms with E-state index in [1.165, 1.54) is 11.0 Å². The number of alkyl halides is 3. The first-order chi connectivity index (χ1) is 9.74. The lowest BCUT2D eigenvalue weighted by molar-refractivity contribution is -0.137. The van der Waals surface area contributed by atoms with Crippen LogP contribution in [0.25, 0.3) is 0 Å². The molecule has 0 radical (unpaired) electrons. The van der Waals surface area contributed by atoms with Crippen LogP contribution in [0.3, 0.4) is 0 Å². The molecule has 0 aliphatic carbocycles. The van der Waals surface area contributed by atoms with Gasteiger partial charge in [0, 0.05) is 24.3 Å². The minimum absolute atomic E-state index is 0.0855. The Labute approximate surface area is 117 Å². The van der Waals surface area contributed by atoms with E-state index in [1.54, 1.807) is 0 Å². The van der Waals surface area contributed by atoms with E-state index in [-0.39, 0.29) is 13.1 Å². The number of aliphatic hydroxyl groups is 2. The summed E-state index contributed by atoms with van der Waals surface area (Å²) in [4.78, 5) is 1.52. The van der Waals surface area contributed by atoms with Gasteiger partial charge in [0.15, 0.2) is 5.84 Å². The van der Waals surface area contributed by atoms with Gasteiger partial charge in [-0.1, -0.05) is 5.16 Å². The van der Waals surface area contributed by atoms with Crippen molar-refractivity contribution in [2.75, 3.05) is 18.0 Å². The molecule has 1 aromatic carbocycles. The predicted molar refractivity (Wildman–Crippen MR) is 68.2 cm³/mol. The molecule has 0 aromatic heterocycles. The number of oxime groups is 1. The summed E-state index contributed by atoms with van der Waals surface area (Å²) in [7, 11) is 0. The van der Waals surface area contributed by atoms with E-state index in [2.05, 4.69) is 5.16 Å². The van der Waals surface area contributed by atoms with Gasteiger partial charge in [-0.25, -0.2) is 0 Å². The number of hydrogen-bond donors (Lipinski definition) is 4. The molecule has 0 amide bonds. The molecular weight excluding hydrogens is 291 g/mol. The smallest absolute Gasteiger partial charge is 0.409 e. The summed E-state index contributed by atoms with van der Waals surface area (Å²) < 4.78 is 38.7. The van der Waals surface area contributed by atoms with Gasteiger partial charge in [0.05, 0.1) is 17.8 Å². The zero-order valence-corrected chi connectivity index (χ0v) is 10.7. The van der Waals surface area contributed by atoms with Gasteiger partial charge in [-0.2, -0.15) is 13.2 Å². The molecule has 21 heavy (non-hydrogen) atoms. The topological polar surface area (TPSA) is 102 Å². The highest BCUT2D eigenvalue weighted by atomic mass is 19.4. The number of β-amino-alcohol motifs (C(OH)–C–C–N with tert-alkyl or cyclic N) is 2. The average molecular weight is 305 g/mol. The zero-order chi connectivity index (χ0) is 15.8. The summed E-state index contributed by atoms with van der Waals surface area (Å²) in [6.45, 7) is 0.171. The maximum absolute atomic E-state index is 12.9. The van der Waals surface area contributed by atoms with Crippen molar-refractivity contribution < 1.29 is 28.6 Å². The molecule has 1 fully saturated rings. The number of nitrogens with two attached hydrogens (primary N) is 1. The third-order valence-electron chi connectivity index (χ3n) is 3.32. The number of aliphatic hydroxyl groups excluding tert-OH is 2. The monoisotopic (exact) mass is 305 g/mol. The molecule has 1 heterocycles. The van der Waals surface area contributed by atoms with Crippen molar-refractivity contribution in [2.24, 2.45) is 10.9 Å². The first-order valence-electron chi connectivity index (χ1n) is 6.04. The third kappa shape index (κ3) is 3.03. The van der Waals surface area contributed by atoms with E-state index >= 15 is 0 Å². The molecule has 6 nitrogen and oxygen atoms in total. The lowest BCUT2D eigenvalue weighted by Crippen LogP contribution is -2.24. The van der Waals surface area contributed by atoms with Gasteiger partial charge in [-0.15, -0.1) is 0 Å². The fraction of sp³-hybridized carbons (Fsp3) is 0.417. The highest BCUT2D eigenvalue weighted by Crippen LogP contribution is 2.34. The zero-order valence-electron chi connectivity index (χ0n) is 10.7. The molecule has 0 spiro atoms. The Morgan fingerprint density at radius 2 is 1.81 bits per heavy atom. The first kappa shape index (κ1) is 15.4. The molecule has 0 saturated carbocycles. The van der Waals surface area contributed by atoms with Gasteiger partial charge in [0.1, 0.15) is 0 Å². The number of nitrogens with zero attached hydrogens (tertiary/aromatic N) is 2. The molecule has 2 unspecified atom stereocenters. The molecule has 9 heteroatoms. The molecule has 1 aliphatic rings. The van der Waals surface area contributed by atoms with Gasteiger partial charge in [-0.3, -0.25) is 0 Å². The first-order valence-corrected chi connectivity index (χ1v) is 6.04. The number of benzene rings is 1. The summed E-state index contributed by atoms with van der Waals surface area (Å²) in [6, 6.07) is 3.14. The van der Waals surface area contributed by atoms with Crippen LogP contribution in [0.4, 0.5) is 18.9 Å². The molecule has 2 atom stereocenters. The van der Waals surface area contributed by atoms with E-state index in [1.807, 2.05) is 0 Å². The highest BCUT2D eigenvalue weighted by molar-refractivity contribution is 5.99. The second-order valence-corrected chi connectivity index (χ2v) is 4.75. The Morgan fingerprint density at radius 3 is 2.29 bits per heavy atom. The van der Waals surface area contributed by atoms with Crippen LogP contribution in [0, 0.1) is 0 Å². The normalized spacial score (nSPS) is 23.7. The van der Waals surface area contributed by atoms with Gasteiger partial charge >= 0.3 is 6.18 Å². The number of halogens is 3. The Morgan fingerprint density at radius 1 is 1.24 bits per heavy atom. The Balaban J connectivity index is 2.43. The Hall–Kier alpha value is -2.00. The van der Waals surface area contributed by atoms with Gasteiger partial charge in [0.2, 0.25) is 0 Å². The molecule has 2 rings (SSSR count). The number of rotatable bonds is 2. The van der Waals surface area contributed by atoms with Crippen LogP contribution in [0.1, 0.15) is 11.1 Å². The third-order valence-corrected chi connectivity index (χ3v) is 3.32. The average Bonchev–Trinajstić information content (AvgIpc) is 2.76. The van der Waals surface area contributed by atoms with Crippen molar-refractivity contribution in [3.63, 3.8) is 0 Å². The largest absolute Gasteiger partial charge is 0.417 e. The van der Waals surface area contributed by atoms with Crippen LogP contribution in [-0.2, 0) is 6.18 Å². The Kier molecular flexibility index (Phi) is 3.97. The van der Waals surface area contributed by atoms with Crippen molar-refractivity contribution in [3.8, 4) is 0 Å². The second kappa shape index (κ2) is 5.41. The van der Waals surface area contributed by atoms with E-state index < -0.39 is 35.3 Å². The minimum Gasteiger partial charge on any atom is -0.409 e.